The van der Waals surface area contributed by atoms with Crippen molar-refractivity contribution in [3.8, 4) is 34.6 Å². The number of carbonyl (C=O) groups is 2. The lowest BCUT2D eigenvalue weighted by atomic mass is 9.74. The van der Waals surface area contributed by atoms with E-state index in [1.54, 1.807) is 36.0 Å². The summed E-state index contributed by atoms with van der Waals surface area (Å²) in [5.41, 5.74) is 7.11. The minimum atomic E-state index is -0.993. The number of pyridine rings is 2. The molecule has 2 aromatic carbocycles. The molecular formula is C50H50N8O8. The molecule has 6 aromatic rings. The molecule has 10 rings (SSSR count). The Hall–Kier alpha value is -7.36. The summed E-state index contributed by atoms with van der Waals surface area (Å²) in [6.07, 6.45) is 13.0. The number of hydrogen-bond acceptors (Lipinski definition) is 14. The number of hydrogen-bond donors (Lipinski definition) is 0. The summed E-state index contributed by atoms with van der Waals surface area (Å²) >= 11 is 0. The molecule has 2 aliphatic heterocycles. The summed E-state index contributed by atoms with van der Waals surface area (Å²) in [5, 5.41) is 8.61. The van der Waals surface area contributed by atoms with E-state index in [1.165, 1.54) is 0 Å². The van der Waals surface area contributed by atoms with Crippen molar-refractivity contribution in [1.82, 2.24) is 29.5 Å². The highest BCUT2D eigenvalue weighted by atomic mass is 16.6. The van der Waals surface area contributed by atoms with Crippen molar-refractivity contribution >= 4 is 23.4 Å². The summed E-state index contributed by atoms with van der Waals surface area (Å²) in [4.78, 5) is 47.1. The lowest BCUT2D eigenvalue weighted by molar-refractivity contribution is -0.176. The summed E-state index contributed by atoms with van der Waals surface area (Å²) in [5.74, 6) is 1.61. The number of fused-ring (bicyclic) bond motifs is 6. The molecule has 0 amide bonds. The van der Waals surface area contributed by atoms with Crippen molar-refractivity contribution in [3.63, 3.8) is 0 Å². The zero-order valence-corrected chi connectivity index (χ0v) is 37.2. The van der Waals surface area contributed by atoms with Crippen molar-refractivity contribution in [3.05, 3.63) is 131 Å². The van der Waals surface area contributed by atoms with Crippen LogP contribution in [-0.2, 0) is 19.1 Å². The zero-order valence-electron chi connectivity index (χ0n) is 37.2. The van der Waals surface area contributed by atoms with E-state index >= 15 is 0 Å². The first-order chi connectivity index (χ1) is 32.3. The fourth-order valence-electron chi connectivity index (χ4n) is 9.92. The molecule has 16 heteroatoms. The van der Waals surface area contributed by atoms with Crippen LogP contribution in [0.15, 0.2) is 108 Å². The molecule has 6 heterocycles. The van der Waals surface area contributed by atoms with E-state index in [0.717, 1.165) is 44.8 Å². The summed E-state index contributed by atoms with van der Waals surface area (Å²) in [6, 6.07) is 19.3. The number of methoxy groups -OCH3 is 2. The van der Waals surface area contributed by atoms with Crippen LogP contribution in [0.3, 0.4) is 0 Å². The van der Waals surface area contributed by atoms with E-state index in [2.05, 4.69) is 20.2 Å². The standard InChI is InChI=1S/C50H50N8O8/c1-5-63-43-23-33-35-21-31(11-13-39(35)55-47(37(33)25-41(43)61-3)29-9-15-45(51-27-29)57-19-7-17-53-57)65-49(59)50(60)66-32-12-14-40-36(22-32)34-24-44(64-6-2)42(62-4)26-38(34)48(56-40)30-10-16-46(52-28-30)58-20-8-18-54-58/h7-10,15-20,23-28,31-32,35-36,39-40H,5-6,11-14,21-22H2,1-4H3/t31-,32-,35-,36-,39-,40-/m1/s1. The number of benzene rings is 2. The van der Waals surface area contributed by atoms with Gasteiger partial charge in [0.1, 0.15) is 12.2 Å². The van der Waals surface area contributed by atoms with Crippen LogP contribution in [0.2, 0.25) is 0 Å². The highest BCUT2D eigenvalue weighted by Gasteiger charge is 2.42. The SMILES string of the molecule is CCOc1cc2c(cc1OC)C(c1ccc(-n3cccn3)nc1)=N[C@@H]1CC[C@@H](OC(=O)C(=O)O[C@@H]3CC[C@H]4N=C(c5ccc(-n6cccn6)nc5)c5cc(OC)c(OCC)cc5[C@H]4C3)C[C@H]21. The van der Waals surface area contributed by atoms with Gasteiger partial charge in [-0.15, -0.1) is 0 Å². The monoisotopic (exact) mass is 890 g/mol. The third-order valence-electron chi connectivity index (χ3n) is 12.9. The third kappa shape index (κ3) is 8.15. The number of aromatic nitrogens is 6. The van der Waals surface area contributed by atoms with E-state index < -0.39 is 24.1 Å². The molecule has 2 saturated carbocycles. The predicted octanol–water partition coefficient (Wildman–Crippen LogP) is 7.16. The van der Waals surface area contributed by atoms with Gasteiger partial charge in [0.05, 0.1) is 50.9 Å². The molecule has 0 unspecified atom stereocenters. The van der Waals surface area contributed by atoms with Crippen LogP contribution in [0.5, 0.6) is 23.0 Å². The molecule has 338 valence electrons. The highest BCUT2D eigenvalue weighted by Crippen LogP contribution is 2.47. The Morgan fingerprint density at radius 3 is 1.42 bits per heavy atom. The maximum absolute atomic E-state index is 13.6. The maximum atomic E-state index is 13.6. The molecule has 2 fully saturated rings. The van der Waals surface area contributed by atoms with Crippen molar-refractivity contribution in [2.45, 2.75) is 88.5 Å². The zero-order chi connectivity index (χ0) is 45.3. The van der Waals surface area contributed by atoms with Gasteiger partial charge in [-0.3, -0.25) is 9.98 Å². The first-order valence-electron chi connectivity index (χ1n) is 22.5. The van der Waals surface area contributed by atoms with Crippen LogP contribution in [0, 0.1) is 0 Å². The van der Waals surface area contributed by atoms with Gasteiger partial charge in [-0.05, 0) is 124 Å². The average Bonchev–Trinajstić information content (AvgIpc) is 4.10. The van der Waals surface area contributed by atoms with Crippen molar-refractivity contribution < 1.29 is 38.0 Å². The van der Waals surface area contributed by atoms with Gasteiger partial charge in [-0.25, -0.2) is 28.9 Å². The van der Waals surface area contributed by atoms with Gasteiger partial charge in [0, 0.05) is 71.3 Å². The Balaban J connectivity index is 0.848. The molecule has 0 N–H and O–H groups in total. The molecule has 4 aliphatic rings. The van der Waals surface area contributed by atoms with Crippen LogP contribution < -0.4 is 18.9 Å². The number of esters is 2. The van der Waals surface area contributed by atoms with Crippen LogP contribution in [0.25, 0.3) is 11.6 Å². The topological polar surface area (TPSA) is 176 Å². The van der Waals surface area contributed by atoms with Gasteiger partial charge in [0.2, 0.25) is 0 Å². The Labute approximate surface area is 381 Å². The number of aliphatic imine (C=N–C) groups is 2. The fourth-order valence-corrected chi connectivity index (χ4v) is 9.92. The van der Waals surface area contributed by atoms with Gasteiger partial charge < -0.3 is 28.4 Å². The normalized spacial score (nSPS) is 21.7. The van der Waals surface area contributed by atoms with Gasteiger partial charge >= 0.3 is 11.9 Å². The summed E-state index contributed by atoms with van der Waals surface area (Å²) < 4.78 is 39.0. The largest absolute Gasteiger partial charge is 0.493 e. The fraction of sp³-hybridized carbons (Fsp3) is 0.360. The number of nitrogens with zero attached hydrogens (tertiary/aromatic N) is 8. The first kappa shape index (κ1) is 42.6. The summed E-state index contributed by atoms with van der Waals surface area (Å²) in [6.45, 7) is 4.77. The molecule has 0 radical (unpaired) electrons. The van der Waals surface area contributed by atoms with Crippen LogP contribution in [0.1, 0.15) is 97.6 Å². The third-order valence-corrected chi connectivity index (χ3v) is 12.9. The van der Waals surface area contributed by atoms with Crippen LogP contribution in [0.4, 0.5) is 0 Å². The summed E-state index contributed by atoms with van der Waals surface area (Å²) in [7, 11) is 3.23. The minimum Gasteiger partial charge on any atom is -0.493 e. The lowest BCUT2D eigenvalue weighted by Gasteiger charge is -2.39. The second-order valence-corrected chi connectivity index (χ2v) is 16.7. The van der Waals surface area contributed by atoms with E-state index in [0.29, 0.717) is 86.4 Å². The Morgan fingerprint density at radius 2 is 1.06 bits per heavy atom. The molecule has 0 bridgehead atoms. The molecule has 6 atom stereocenters. The van der Waals surface area contributed by atoms with Gasteiger partial charge in [-0.2, -0.15) is 10.2 Å². The first-order valence-corrected chi connectivity index (χ1v) is 22.5. The van der Waals surface area contributed by atoms with Gasteiger partial charge in [0.15, 0.2) is 34.6 Å². The Bertz CT molecular complexity index is 2600. The molecule has 4 aromatic heterocycles. The van der Waals surface area contributed by atoms with Gasteiger partial charge in [0.25, 0.3) is 0 Å². The molecule has 0 saturated heterocycles. The predicted molar refractivity (Wildman–Crippen MR) is 243 cm³/mol. The molecule has 16 nitrogen and oxygen atoms in total. The second kappa shape index (κ2) is 18.3. The van der Waals surface area contributed by atoms with Crippen LogP contribution in [-0.4, -0.2) is 105 Å². The number of ether oxygens (including phenoxy) is 6. The molecule has 0 spiro atoms. The number of carbonyl (C=O) groups excluding carboxylic acids is 2. The minimum absolute atomic E-state index is 0.0966. The van der Waals surface area contributed by atoms with Gasteiger partial charge in [-0.1, -0.05) is 0 Å². The average molecular weight is 891 g/mol. The molecule has 66 heavy (non-hydrogen) atoms. The molecular weight excluding hydrogens is 841 g/mol. The Kier molecular flexibility index (Phi) is 11.8. The highest BCUT2D eigenvalue weighted by molar-refractivity contribution is 6.29. The van der Waals surface area contributed by atoms with E-state index in [-0.39, 0.29) is 23.9 Å². The van der Waals surface area contributed by atoms with Crippen molar-refractivity contribution in [2.24, 2.45) is 9.98 Å². The Morgan fingerprint density at radius 1 is 0.606 bits per heavy atom. The van der Waals surface area contributed by atoms with E-state index in [9.17, 15) is 9.59 Å². The number of rotatable bonds is 12. The second-order valence-electron chi connectivity index (χ2n) is 16.7. The van der Waals surface area contributed by atoms with Crippen molar-refractivity contribution in [1.29, 1.82) is 0 Å². The van der Waals surface area contributed by atoms with Crippen molar-refractivity contribution in [2.75, 3.05) is 27.4 Å². The smallest absolute Gasteiger partial charge is 0.417 e. The maximum Gasteiger partial charge on any atom is 0.417 e. The van der Waals surface area contributed by atoms with Crippen LogP contribution >= 0.6 is 0 Å². The molecule has 2 aliphatic carbocycles. The quantitative estimate of drug-likeness (QED) is 0.0897. The lowest BCUT2D eigenvalue weighted by Crippen LogP contribution is -2.39. The van der Waals surface area contributed by atoms with E-state index in [1.807, 2.05) is 99.3 Å². The van der Waals surface area contributed by atoms with E-state index in [4.69, 9.17) is 38.4 Å².